The van der Waals surface area contributed by atoms with E-state index in [1.807, 2.05) is 18.2 Å². The van der Waals surface area contributed by atoms with Gasteiger partial charge in [-0.3, -0.25) is 5.32 Å². The van der Waals surface area contributed by atoms with Crippen molar-refractivity contribution >= 4 is 38.9 Å². The third-order valence-corrected chi connectivity index (χ3v) is 4.41. The van der Waals surface area contributed by atoms with Gasteiger partial charge >= 0.3 is 12.1 Å². The normalized spacial score (nSPS) is 11.3. The summed E-state index contributed by atoms with van der Waals surface area (Å²) in [4.78, 5) is 33.5. The van der Waals surface area contributed by atoms with Gasteiger partial charge in [0.25, 0.3) is 0 Å². The fraction of sp³-hybridized carbons (Fsp3) is 0.300. The summed E-state index contributed by atoms with van der Waals surface area (Å²) in [6, 6.07) is 10.8. The summed E-state index contributed by atoms with van der Waals surface area (Å²) in [5, 5.41) is 3.04. The van der Waals surface area contributed by atoms with Crippen LogP contribution in [0.3, 0.4) is 0 Å². The zero-order valence-electron chi connectivity index (χ0n) is 16.1. The van der Waals surface area contributed by atoms with Gasteiger partial charge in [-0.25, -0.2) is 19.6 Å². The van der Waals surface area contributed by atoms with Crippen molar-refractivity contribution in [2.45, 2.75) is 33.3 Å². The molecule has 0 unspecified atom stereocenters. The summed E-state index contributed by atoms with van der Waals surface area (Å²) in [7, 11) is 0. The highest BCUT2D eigenvalue weighted by atomic mass is 32.1. The molecule has 3 rings (SSSR count). The van der Waals surface area contributed by atoms with Crippen LogP contribution in [-0.2, 0) is 9.47 Å². The Morgan fingerprint density at radius 3 is 2.64 bits per heavy atom. The second-order valence-corrected chi connectivity index (χ2v) is 7.95. The van der Waals surface area contributed by atoms with Crippen molar-refractivity contribution in [2.75, 3.05) is 11.9 Å². The first-order chi connectivity index (χ1) is 13.2. The van der Waals surface area contributed by atoms with E-state index in [0.717, 1.165) is 5.56 Å². The molecule has 0 aliphatic carbocycles. The predicted octanol–water partition coefficient (Wildman–Crippen LogP) is 4.88. The largest absolute Gasteiger partial charge is 0.462 e. The highest BCUT2D eigenvalue weighted by Crippen LogP contribution is 2.28. The summed E-state index contributed by atoms with van der Waals surface area (Å²) < 4.78 is 10.3. The highest BCUT2D eigenvalue weighted by molar-refractivity contribution is 7.21. The number of esters is 1. The number of hydrogen-bond donors (Lipinski definition) is 1. The average Bonchev–Trinajstić information content (AvgIpc) is 3.01. The molecule has 0 aliphatic heterocycles. The number of hydrogen-bond acceptors (Lipinski definition) is 7. The maximum absolute atomic E-state index is 11.9. The Morgan fingerprint density at radius 1 is 1.14 bits per heavy atom. The van der Waals surface area contributed by atoms with Gasteiger partial charge < -0.3 is 9.47 Å². The number of anilines is 1. The molecule has 0 bridgehead atoms. The molecule has 28 heavy (non-hydrogen) atoms. The number of thiazole rings is 1. The van der Waals surface area contributed by atoms with Gasteiger partial charge in [0.1, 0.15) is 15.9 Å². The SMILES string of the molecule is CCOC(=O)c1cccc(-c2ccc3nc(NC(=O)OC(C)(C)C)sc3n2)c1. The van der Waals surface area contributed by atoms with Gasteiger partial charge in [-0.1, -0.05) is 23.5 Å². The lowest BCUT2D eigenvalue weighted by Gasteiger charge is -2.18. The van der Waals surface area contributed by atoms with Crippen LogP contribution in [0, 0.1) is 0 Å². The number of nitrogens with zero attached hydrogens (tertiary/aromatic N) is 2. The molecule has 146 valence electrons. The highest BCUT2D eigenvalue weighted by Gasteiger charge is 2.18. The molecule has 0 saturated heterocycles. The number of rotatable bonds is 4. The Bertz CT molecular complexity index is 1020. The minimum Gasteiger partial charge on any atom is -0.462 e. The monoisotopic (exact) mass is 399 g/mol. The number of carbonyl (C=O) groups excluding carboxylic acids is 2. The van der Waals surface area contributed by atoms with E-state index in [1.54, 1.807) is 45.9 Å². The molecule has 0 saturated carbocycles. The van der Waals surface area contributed by atoms with E-state index in [4.69, 9.17) is 9.47 Å². The van der Waals surface area contributed by atoms with Crippen LogP contribution in [0.25, 0.3) is 21.6 Å². The van der Waals surface area contributed by atoms with Crippen molar-refractivity contribution < 1.29 is 19.1 Å². The van der Waals surface area contributed by atoms with Gasteiger partial charge in [-0.15, -0.1) is 0 Å². The summed E-state index contributed by atoms with van der Waals surface area (Å²) in [5.41, 5.74) is 2.05. The molecule has 2 heterocycles. The van der Waals surface area contributed by atoms with Crippen LogP contribution in [-0.4, -0.2) is 34.2 Å². The zero-order valence-corrected chi connectivity index (χ0v) is 16.9. The minimum atomic E-state index is -0.587. The predicted molar refractivity (Wildman–Crippen MR) is 109 cm³/mol. The number of pyridine rings is 1. The molecule has 2 aromatic heterocycles. The van der Waals surface area contributed by atoms with Crippen molar-refractivity contribution in [3.8, 4) is 11.3 Å². The molecule has 8 heteroatoms. The molecule has 0 radical (unpaired) electrons. The van der Waals surface area contributed by atoms with Crippen molar-refractivity contribution in [1.29, 1.82) is 0 Å². The molecule has 7 nitrogen and oxygen atoms in total. The Labute approximate surface area is 166 Å². The number of aromatic nitrogens is 2. The van der Waals surface area contributed by atoms with Crippen molar-refractivity contribution in [3.63, 3.8) is 0 Å². The third-order valence-electron chi connectivity index (χ3n) is 3.53. The van der Waals surface area contributed by atoms with E-state index in [0.29, 0.717) is 33.3 Å². The van der Waals surface area contributed by atoms with E-state index < -0.39 is 11.7 Å². The molecule has 0 fully saturated rings. The first-order valence-electron chi connectivity index (χ1n) is 8.80. The fourth-order valence-corrected chi connectivity index (χ4v) is 3.27. The van der Waals surface area contributed by atoms with Crippen LogP contribution in [0.15, 0.2) is 36.4 Å². The first kappa shape index (κ1) is 19.8. The first-order valence-corrected chi connectivity index (χ1v) is 9.62. The summed E-state index contributed by atoms with van der Waals surface area (Å²) in [5.74, 6) is -0.368. The number of fused-ring (bicyclic) bond motifs is 1. The van der Waals surface area contributed by atoms with Gasteiger partial charge in [0.2, 0.25) is 0 Å². The summed E-state index contributed by atoms with van der Waals surface area (Å²) in [6.07, 6.45) is -0.561. The number of benzene rings is 1. The fourth-order valence-electron chi connectivity index (χ4n) is 2.44. The molecule has 3 aromatic rings. The van der Waals surface area contributed by atoms with Gasteiger partial charge in [0.05, 0.1) is 17.9 Å². The molecular weight excluding hydrogens is 378 g/mol. The smallest absolute Gasteiger partial charge is 0.413 e. The lowest BCUT2D eigenvalue weighted by Crippen LogP contribution is -2.27. The third kappa shape index (κ3) is 4.83. The summed E-state index contributed by atoms with van der Waals surface area (Å²) >= 11 is 1.25. The lowest BCUT2D eigenvalue weighted by atomic mass is 10.1. The number of amides is 1. The van der Waals surface area contributed by atoms with Crippen molar-refractivity contribution in [2.24, 2.45) is 0 Å². The van der Waals surface area contributed by atoms with E-state index in [1.165, 1.54) is 11.3 Å². The molecule has 0 atom stereocenters. The second-order valence-electron chi connectivity index (χ2n) is 6.97. The molecule has 0 spiro atoms. The van der Waals surface area contributed by atoms with Crippen LogP contribution in [0.1, 0.15) is 38.1 Å². The van der Waals surface area contributed by atoms with Crippen molar-refractivity contribution in [1.82, 2.24) is 9.97 Å². The molecule has 1 N–H and O–H groups in total. The van der Waals surface area contributed by atoms with Crippen LogP contribution in [0.2, 0.25) is 0 Å². The molecule has 1 amide bonds. The van der Waals surface area contributed by atoms with E-state index in [9.17, 15) is 9.59 Å². The van der Waals surface area contributed by atoms with Gasteiger partial charge in [-0.05, 0) is 52.0 Å². The maximum atomic E-state index is 11.9. The van der Waals surface area contributed by atoms with Crippen LogP contribution in [0.5, 0.6) is 0 Å². The standard InChI is InChI=1S/C20H21N3O4S/c1-5-26-17(24)13-8-6-7-12(11-13)14-9-10-15-16(21-14)28-18(22-15)23-19(25)27-20(2,3)4/h6-11H,5H2,1-4H3,(H,22,23,25). The minimum absolute atomic E-state index is 0.321. The van der Waals surface area contributed by atoms with Gasteiger partial charge in [0.15, 0.2) is 5.13 Å². The van der Waals surface area contributed by atoms with Crippen LogP contribution >= 0.6 is 11.3 Å². The van der Waals surface area contributed by atoms with Gasteiger partial charge in [-0.2, -0.15) is 0 Å². The summed E-state index contributed by atoms with van der Waals surface area (Å²) in [6.45, 7) is 7.47. The molecule has 1 aromatic carbocycles. The van der Waals surface area contributed by atoms with Crippen molar-refractivity contribution in [3.05, 3.63) is 42.0 Å². The van der Waals surface area contributed by atoms with Crippen LogP contribution < -0.4 is 5.32 Å². The van der Waals surface area contributed by atoms with E-state index in [2.05, 4.69) is 15.3 Å². The van der Waals surface area contributed by atoms with Crippen LogP contribution in [0.4, 0.5) is 9.93 Å². The van der Waals surface area contributed by atoms with Gasteiger partial charge in [0, 0.05) is 5.56 Å². The number of nitrogens with one attached hydrogen (secondary N) is 1. The lowest BCUT2D eigenvalue weighted by molar-refractivity contribution is 0.0525. The van der Waals surface area contributed by atoms with E-state index >= 15 is 0 Å². The Balaban J connectivity index is 1.84. The Kier molecular flexibility index (Phi) is 5.60. The average molecular weight is 399 g/mol. The quantitative estimate of drug-likeness (QED) is 0.629. The maximum Gasteiger partial charge on any atom is 0.413 e. The topological polar surface area (TPSA) is 90.4 Å². The zero-order chi connectivity index (χ0) is 20.3. The number of ether oxygens (including phenoxy) is 2. The Hall–Kier alpha value is -3.00. The molecule has 0 aliphatic rings. The molecular formula is C20H21N3O4S. The second kappa shape index (κ2) is 7.93. The number of carbonyl (C=O) groups is 2. The van der Waals surface area contributed by atoms with E-state index in [-0.39, 0.29) is 5.97 Å². The Morgan fingerprint density at radius 2 is 1.93 bits per heavy atom.